The van der Waals surface area contributed by atoms with Crippen LogP contribution in [0.2, 0.25) is 0 Å². The number of rotatable bonds is 4. The molecule has 0 aliphatic carbocycles. The number of carbonyl (C=O) groups is 2. The lowest BCUT2D eigenvalue weighted by Crippen LogP contribution is -2.53. The average Bonchev–Trinajstić information content (AvgIpc) is 2.72. The van der Waals surface area contributed by atoms with Gasteiger partial charge in [0.1, 0.15) is 11.6 Å². The second-order valence-corrected chi connectivity index (χ2v) is 6.31. The van der Waals surface area contributed by atoms with Crippen LogP contribution >= 0.6 is 0 Å². The maximum atomic E-state index is 13.7. The van der Waals surface area contributed by atoms with Crippen LogP contribution in [0.5, 0.6) is 5.75 Å². The standard InChI is InChI=1S/C20H21FN2O4/c1-26-15-8-6-14(7-9-15)20(10-12-27-13-11-20)19(25)23-22-18(24)16-4-2-3-5-17(16)21/h2-9H,10-13H2,1H3,(H,22,24)(H,23,25). The maximum absolute atomic E-state index is 13.7. The summed E-state index contributed by atoms with van der Waals surface area (Å²) in [6.45, 7) is 0.863. The Labute approximate surface area is 156 Å². The number of hydrogen-bond donors (Lipinski definition) is 2. The minimum absolute atomic E-state index is 0.136. The molecule has 1 fully saturated rings. The third kappa shape index (κ3) is 3.93. The summed E-state index contributed by atoms with van der Waals surface area (Å²) in [4.78, 5) is 25.2. The molecule has 7 heteroatoms. The highest BCUT2D eigenvalue weighted by Crippen LogP contribution is 2.35. The fraction of sp³-hybridized carbons (Fsp3) is 0.300. The van der Waals surface area contributed by atoms with Crippen molar-refractivity contribution in [1.82, 2.24) is 10.9 Å². The van der Waals surface area contributed by atoms with Gasteiger partial charge in [0, 0.05) is 13.2 Å². The van der Waals surface area contributed by atoms with Crippen LogP contribution in [0.4, 0.5) is 4.39 Å². The molecule has 1 aliphatic heterocycles. The van der Waals surface area contributed by atoms with Gasteiger partial charge in [0.05, 0.1) is 18.1 Å². The summed E-state index contributed by atoms with van der Waals surface area (Å²) in [5.74, 6) is -1.03. The van der Waals surface area contributed by atoms with Gasteiger partial charge in [-0.3, -0.25) is 20.4 Å². The van der Waals surface area contributed by atoms with Crippen LogP contribution in [0.3, 0.4) is 0 Å². The number of benzene rings is 2. The van der Waals surface area contributed by atoms with Gasteiger partial charge >= 0.3 is 0 Å². The summed E-state index contributed by atoms with van der Waals surface area (Å²) in [6, 6.07) is 12.8. The summed E-state index contributed by atoms with van der Waals surface area (Å²) < 4.78 is 24.3. The topological polar surface area (TPSA) is 76.7 Å². The molecule has 0 unspecified atom stereocenters. The first-order chi connectivity index (χ1) is 13.1. The van der Waals surface area contributed by atoms with Crippen molar-refractivity contribution in [1.29, 1.82) is 0 Å². The number of methoxy groups -OCH3 is 1. The number of carbonyl (C=O) groups excluding carboxylic acids is 2. The highest BCUT2D eigenvalue weighted by atomic mass is 19.1. The molecule has 2 N–H and O–H groups in total. The molecule has 3 rings (SSSR count). The van der Waals surface area contributed by atoms with Gasteiger partial charge in [-0.15, -0.1) is 0 Å². The van der Waals surface area contributed by atoms with E-state index in [0.29, 0.717) is 31.8 Å². The van der Waals surface area contributed by atoms with Crippen LogP contribution < -0.4 is 15.6 Å². The van der Waals surface area contributed by atoms with E-state index in [1.807, 2.05) is 12.1 Å². The first kappa shape index (κ1) is 18.8. The molecule has 0 spiro atoms. The van der Waals surface area contributed by atoms with E-state index in [0.717, 1.165) is 5.56 Å². The smallest absolute Gasteiger partial charge is 0.272 e. The highest BCUT2D eigenvalue weighted by Gasteiger charge is 2.42. The van der Waals surface area contributed by atoms with Gasteiger partial charge in [0.25, 0.3) is 5.91 Å². The molecule has 0 aromatic heterocycles. The summed E-state index contributed by atoms with van der Waals surface area (Å²) in [6.07, 6.45) is 0.946. The molecule has 142 valence electrons. The number of nitrogens with one attached hydrogen (secondary N) is 2. The summed E-state index contributed by atoms with van der Waals surface area (Å²) >= 11 is 0. The van der Waals surface area contributed by atoms with E-state index < -0.39 is 17.1 Å². The Morgan fingerprint density at radius 2 is 1.70 bits per heavy atom. The molecule has 6 nitrogen and oxygen atoms in total. The van der Waals surface area contributed by atoms with E-state index in [-0.39, 0.29) is 11.5 Å². The number of amides is 2. The largest absolute Gasteiger partial charge is 0.497 e. The van der Waals surface area contributed by atoms with Crippen LogP contribution in [0.1, 0.15) is 28.8 Å². The van der Waals surface area contributed by atoms with Crippen molar-refractivity contribution in [2.75, 3.05) is 20.3 Å². The number of hydrogen-bond acceptors (Lipinski definition) is 4. The molecule has 2 aromatic carbocycles. The predicted molar refractivity (Wildman–Crippen MR) is 96.7 cm³/mol. The lowest BCUT2D eigenvalue weighted by atomic mass is 9.73. The molecule has 0 atom stereocenters. The monoisotopic (exact) mass is 372 g/mol. The normalized spacial score (nSPS) is 15.6. The van der Waals surface area contributed by atoms with Gasteiger partial charge in [-0.1, -0.05) is 24.3 Å². The van der Waals surface area contributed by atoms with Gasteiger partial charge in [-0.25, -0.2) is 4.39 Å². The maximum Gasteiger partial charge on any atom is 0.272 e. The first-order valence-corrected chi connectivity index (χ1v) is 8.64. The zero-order valence-corrected chi connectivity index (χ0v) is 15.0. The molecule has 27 heavy (non-hydrogen) atoms. The van der Waals surface area contributed by atoms with Gasteiger partial charge in [-0.05, 0) is 42.7 Å². The van der Waals surface area contributed by atoms with Gasteiger partial charge < -0.3 is 9.47 Å². The molecular weight excluding hydrogens is 351 g/mol. The van der Waals surface area contributed by atoms with Crippen molar-refractivity contribution in [3.05, 3.63) is 65.5 Å². The lowest BCUT2D eigenvalue weighted by molar-refractivity contribution is -0.131. The minimum Gasteiger partial charge on any atom is -0.497 e. The number of ether oxygens (including phenoxy) is 2. The third-order valence-corrected chi connectivity index (χ3v) is 4.83. The Bertz CT molecular complexity index is 817. The van der Waals surface area contributed by atoms with Crippen molar-refractivity contribution < 1.29 is 23.5 Å². The predicted octanol–water partition coefficient (Wildman–Crippen LogP) is 2.34. The molecule has 1 heterocycles. The minimum atomic E-state index is -0.840. The van der Waals surface area contributed by atoms with Crippen LogP contribution in [0.15, 0.2) is 48.5 Å². The number of halogens is 1. The Balaban J connectivity index is 1.77. The highest BCUT2D eigenvalue weighted by molar-refractivity contribution is 5.97. The van der Waals surface area contributed by atoms with Gasteiger partial charge in [0.15, 0.2) is 0 Å². The van der Waals surface area contributed by atoms with Gasteiger partial charge in [0.2, 0.25) is 5.91 Å². The Kier molecular flexibility index (Phi) is 5.71. The average molecular weight is 372 g/mol. The Morgan fingerprint density at radius 1 is 1.04 bits per heavy atom. The zero-order valence-electron chi connectivity index (χ0n) is 15.0. The second-order valence-electron chi connectivity index (χ2n) is 6.31. The summed E-state index contributed by atoms with van der Waals surface area (Å²) in [7, 11) is 1.57. The van der Waals surface area contributed by atoms with Crippen molar-refractivity contribution >= 4 is 11.8 Å². The molecular formula is C20H21FN2O4. The fourth-order valence-electron chi connectivity index (χ4n) is 3.22. The molecule has 1 saturated heterocycles. The molecule has 2 amide bonds. The van der Waals surface area contributed by atoms with E-state index in [9.17, 15) is 14.0 Å². The molecule has 2 aromatic rings. The van der Waals surface area contributed by atoms with Crippen molar-refractivity contribution in [2.45, 2.75) is 18.3 Å². The SMILES string of the molecule is COc1ccc(C2(C(=O)NNC(=O)c3ccccc3F)CCOCC2)cc1. The van der Waals surface area contributed by atoms with E-state index in [2.05, 4.69) is 10.9 Å². The van der Waals surface area contributed by atoms with E-state index in [1.165, 1.54) is 18.2 Å². The first-order valence-electron chi connectivity index (χ1n) is 8.64. The van der Waals surface area contributed by atoms with Crippen molar-refractivity contribution in [3.63, 3.8) is 0 Å². The summed E-state index contributed by atoms with van der Waals surface area (Å²) in [5, 5.41) is 0. The van der Waals surface area contributed by atoms with Crippen molar-refractivity contribution in [3.8, 4) is 5.75 Å². The molecule has 0 saturated carbocycles. The van der Waals surface area contributed by atoms with Gasteiger partial charge in [-0.2, -0.15) is 0 Å². The second kappa shape index (κ2) is 8.18. The zero-order chi connectivity index (χ0) is 19.3. The van der Waals surface area contributed by atoms with E-state index in [1.54, 1.807) is 25.3 Å². The van der Waals surface area contributed by atoms with Crippen LogP contribution in [0, 0.1) is 5.82 Å². The van der Waals surface area contributed by atoms with Crippen molar-refractivity contribution in [2.24, 2.45) is 0 Å². The quantitative estimate of drug-likeness (QED) is 0.808. The molecule has 0 radical (unpaired) electrons. The van der Waals surface area contributed by atoms with Crippen LogP contribution in [-0.2, 0) is 14.9 Å². The number of hydrazine groups is 1. The molecule has 0 bridgehead atoms. The Hall–Kier alpha value is -2.93. The molecule has 1 aliphatic rings. The lowest BCUT2D eigenvalue weighted by Gasteiger charge is -2.36. The van der Waals surface area contributed by atoms with E-state index in [4.69, 9.17) is 9.47 Å². The summed E-state index contributed by atoms with van der Waals surface area (Å²) in [5.41, 5.74) is 4.60. The fourth-order valence-corrected chi connectivity index (χ4v) is 3.22. The Morgan fingerprint density at radius 3 is 2.33 bits per heavy atom. The van der Waals surface area contributed by atoms with E-state index >= 15 is 0 Å². The van der Waals surface area contributed by atoms with Crippen LogP contribution in [-0.4, -0.2) is 32.1 Å². The third-order valence-electron chi connectivity index (χ3n) is 4.83. The van der Waals surface area contributed by atoms with Crippen LogP contribution in [0.25, 0.3) is 0 Å².